The molecule has 0 aromatic heterocycles. The molecular weight excluding hydrogens is 216 g/mol. The summed E-state index contributed by atoms with van der Waals surface area (Å²) in [6.07, 6.45) is 1.17. The first-order chi connectivity index (χ1) is 7.56. The van der Waals surface area contributed by atoms with Crippen molar-refractivity contribution in [3.8, 4) is 0 Å². The third-order valence-corrected chi connectivity index (χ3v) is 1.35. The molecule has 0 aliphatic rings. The number of aliphatic hydroxyl groups excluding tert-OH is 1. The molecule has 1 unspecified atom stereocenters. The second kappa shape index (κ2) is 8.87. The summed E-state index contributed by atoms with van der Waals surface area (Å²) in [5.74, 6) is -1.35. The highest BCUT2D eigenvalue weighted by atomic mass is 16.6. The van der Waals surface area contributed by atoms with E-state index in [9.17, 15) is 9.59 Å². The van der Waals surface area contributed by atoms with E-state index in [-0.39, 0.29) is 13.2 Å². The Bertz CT molecular complexity index is 246. The largest absolute Gasteiger partial charge is 0.460 e. The van der Waals surface area contributed by atoms with E-state index in [1.165, 1.54) is 14.0 Å². The van der Waals surface area contributed by atoms with Crippen LogP contribution in [-0.2, 0) is 23.8 Å². The molecule has 0 aliphatic carbocycles. The van der Waals surface area contributed by atoms with Gasteiger partial charge in [-0.1, -0.05) is 0 Å². The van der Waals surface area contributed by atoms with Crippen molar-refractivity contribution in [3.05, 3.63) is 12.2 Å². The Kier molecular flexibility index (Phi) is 8.10. The van der Waals surface area contributed by atoms with Gasteiger partial charge >= 0.3 is 11.9 Å². The normalized spacial score (nSPS) is 12.4. The quantitative estimate of drug-likeness (QED) is 0.367. The fourth-order valence-electron chi connectivity index (χ4n) is 0.661. The summed E-state index contributed by atoms with van der Waals surface area (Å²) in [7, 11) is 1.48. The summed E-state index contributed by atoms with van der Waals surface area (Å²) >= 11 is 0. The summed E-state index contributed by atoms with van der Waals surface area (Å²) in [5, 5.41) is 8.82. The highest BCUT2D eigenvalue weighted by Gasteiger charge is 2.02. The van der Waals surface area contributed by atoms with Crippen LogP contribution in [-0.4, -0.2) is 50.1 Å². The third-order valence-electron chi connectivity index (χ3n) is 1.35. The number of carbonyl (C=O) groups excluding carboxylic acids is 2. The predicted octanol–water partition coefficient (Wildman–Crippen LogP) is -0.344. The molecule has 1 N–H and O–H groups in total. The van der Waals surface area contributed by atoms with Crippen LogP contribution in [0.3, 0.4) is 0 Å². The maximum Gasteiger partial charge on any atom is 0.331 e. The molecule has 0 saturated heterocycles. The lowest BCUT2D eigenvalue weighted by molar-refractivity contribution is -0.142. The molecule has 0 heterocycles. The summed E-state index contributed by atoms with van der Waals surface area (Å²) in [6, 6.07) is 0. The van der Waals surface area contributed by atoms with Gasteiger partial charge in [0.25, 0.3) is 0 Å². The van der Waals surface area contributed by atoms with Gasteiger partial charge in [0, 0.05) is 19.3 Å². The van der Waals surface area contributed by atoms with Gasteiger partial charge in [-0.05, 0) is 6.92 Å². The maximum atomic E-state index is 10.9. The van der Waals surface area contributed by atoms with Gasteiger partial charge in [-0.25, -0.2) is 9.59 Å². The van der Waals surface area contributed by atoms with E-state index in [1.54, 1.807) is 0 Å². The zero-order valence-electron chi connectivity index (χ0n) is 9.34. The van der Waals surface area contributed by atoms with E-state index in [0.29, 0.717) is 6.61 Å². The van der Waals surface area contributed by atoms with Gasteiger partial charge in [-0.3, -0.25) is 0 Å². The molecule has 6 nitrogen and oxygen atoms in total. The molecule has 0 amide bonds. The average Bonchev–Trinajstić information content (AvgIpc) is 2.24. The minimum absolute atomic E-state index is 0.109. The van der Waals surface area contributed by atoms with Crippen LogP contribution in [0, 0.1) is 0 Å². The van der Waals surface area contributed by atoms with Crippen molar-refractivity contribution < 1.29 is 28.9 Å². The van der Waals surface area contributed by atoms with Crippen molar-refractivity contribution in [2.75, 3.05) is 26.9 Å². The number of rotatable bonds is 7. The SMILES string of the molecule is COCCOC(=O)/C=C/C(=O)OCC(C)O. The van der Waals surface area contributed by atoms with Crippen LogP contribution in [0.15, 0.2) is 12.2 Å². The van der Waals surface area contributed by atoms with Crippen LogP contribution in [0.4, 0.5) is 0 Å². The summed E-state index contributed by atoms with van der Waals surface area (Å²) in [5.41, 5.74) is 0. The van der Waals surface area contributed by atoms with Crippen LogP contribution in [0.2, 0.25) is 0 Å². The second-order valence-corrected chi connectivity index (χ2v) is 2.97. The van der Waals surface area contributed by atoms with Crippen LogP contribution in [0.25, 0.3) is 0 Å². The van der Waals surface area contributed by atoms with E-state index >= 15 is 0 Å². The van der Waals surface area contributed by atoms with E-state index < -0.39 is 18.0 Å². The van der Waals surface area contributed by atoms with Gasteiger partial charge in [0.15, 0.2) is 0 Å². The molecule has 0 aliphatic heterocycles. The highest BCUT2D eigenvalue weighted by molar-refractivity contribution is 5.91. The Morgan fingerprint density at radius 3 is 2.25 bits per heavy atom. The zero-order valence-corrected chi connectivity index (χ0v) is 9.34. The lowest BCUT2D eigenvalue weighted by Gasteiger charge is -2.03. The molecule has 92 valence electrons. The van der Waals surface area contributed by atoms with Crippen molar-refractivity contribution in [1.82, 2.24) is 0 Å². The minimum atomic E-state index is -0.731. The molecule has 0 spiro atoms. The van der Waals surface area contributed by atoms with E-state index in [1.807, 2.05) is 0 Å². The maximum absolute atomic E-state index is 10.9. The Morgan fingerprint density at radius 2 is 1.75 bits per heavy atom. The van der Waals surface area contributed by atoms with Gasteiger partial charge in [-0.2, -0.15) is 0 Å². The van der Waals surface area contributed by atoms with Crippen molar-refractivity contribution in [3.63, 3.8) is 0 Å². The Morgan fingerprint density at radius 1 is 1.19 bits per heavy atom. The number of methoxy groups -OCH3 is 1. The fourth-order valence-corrected chi connectivity index (χ4v) is 0.661. The van der Waals surface area contributed by atoms with E-state index in [4.69, 9.17) is 5.11 Å². The van der Waals surface area contributed by atoms with E-state index in [2.05, 4.69) is 14.2 Å². The molecule has 16 heavy (non-hydrogen) atoms. The molecule has 0 bridgehead atoms. The molecular formula is C10H16O6. The van der Waals surface area contributed by atoms with Crippen LogP contribution >= 0.6 is 0 Å². The lowest BCUT2D eigenvalue weighted by atomic mass is 10.4. The number of esters is 2. The van der Waals surface area contributed by atoms with Crippen LogP contribution < -0.4 is 0 Å². The van der Waals surface area contributed by atoms with Gasteiger partial charge < -0.3 is 19.3 Å². The molecule has 0 aromatic carbocycles. The van der Waals surface area contributed by atoms with Crippen molar-refractivity contribution in [2.45, 2.75) is 13.0 Å². The Hall–Kier alpha value is -1.40. The van der Waals surface area contributed by atoms with Gasteiger partial charge in [0.2, 0.25) is 0 Å². The van der Waals surface area contributed by atoms with Gasteiger partial charge in [0.05, 0.1) is 12.7 Å². The number of hydrogen-bond donors (Lipinski definition) is 1. The average molecular weight is 232 g/mol. The first kappa shape index (κ1) is 14.6. The standard InChI is InChI=1S/C10H16O6/c1-8(11)7-16-10(13)4-3-9(12)15-6-5-14-2/h3-4,8,11H,5-7H2,1-2H3/b4-3+. The number of carbonyl (C=O) groups is 2. The van der Waals surface area contributed by atoms with Gasteiger partial charge in [-0.15, -0.1) is 0 Å². The fraction of sp³-hybridized carbons (Fsp3) is 0.600. The molecule has 0 fully saturated rings. The molecule has 0 aromatic rings. The molecule has 1 atom stereocenters. The third kappa shape index (κ3) is 9.17. The molecule has 0 radical (unpaired) electrons. The van der Waals surface area contributed by atoms with Crippen molar-refractivity contribution in [1.29, 1.82) is 0 Å². The molecule has 0 rings (SSSR count). The zero-order chi connectivity index (χ0) is 12.4. The Balaban J connectivity index is 3.71. The number of aliphatic hydroxyl groups is 1. The summed E-state index contributed by atoms with van der Waals surface area (Å²) in [6.45, 7) is 1.80. The first-order valence-electron chi connectivity index (χ1n) is 4.75. The van der Waals surface area contributed by atoms with Crippen LogP contribution in [0.1, 0.15) is 6.92 Å². The smallest absolute Gasteiger partial charge is 0.331 e. The highest BCUT2D eigenvalue weighted by Crippen LogP contribution is 1.88. The van der Waals surface area contributed by atoms with Crippen LogP contribution in [0.5, 0.6) is 0 Å². The summed E-state index contributed by atoms with van der Waals surface area (Å²) in [4.78, 5) is 21.9. The van der Waals surface area contributed by atoms with Gasteiger partial charge in [0.1, 0.15) is 13.2 Å². The Labute approximate surface area is 93.8 Å². The van der Waals surface area contributed by atoms with Crippen molar-refractivity contribution in [2.24, 2.45) is 0 Å². The lowest BCUT2D eigenvalue weighted by Crippen LogP contribution is -2.14. The summed E-state index contributed by atoms with van der Waals surface area (Å²) < 4.78 is 13.9. The topological polar surface area (TPSA) is 82.1 Å². The number of ether oxygens (including phenoxy) is 3. The first-order valence-corrected chi connectivity index (χ1v) is 4.75. The molecule has 6 heteroatoms. The number of hydrogen-bond acceptors (Lipinski definition) is 6. The predicted molar refractivity (Wildman–Crippen MR) is 54.6 cm³/mol. The monoisotopic (exact) mass is 232 g/mol. The minimum Gasteiger partial charge on any atom is -0.460 e. The van der Waals surface area contributed by atoms with Crippen molar-refractivity contribution >= 4 is 11.9 Å². The second-order valence-electron chi connectivity index (χ2n) is 2.97. The van der Waals surface area contributed by atoms with E-state index in [0.717, 1.165) is 12.2 Å². The molecule has 0 saturated carbocycles.